The Hall–Kier alpha value is -0.520. The molecule has 2 atom stereocenters. The smallest absolute Gasteiger partial charge is 0.0328 e. The summed E-state index contributed by atoms with van der Waals surface area (Å²) in [6, 6.07) is 0. The summed E-state index contributed by atoms with van der Waals surface area (Å²) >= 11 is 0. The first-order chi connectivity index (χ1) is 7.62. The minimum Gasteiger partial charge on any atom is -0.103 e. The summed E-state index contributed by atoms with van der Waals surface area (Å²) in [5.74, 6) is 1.69. The van der Waals surface area contributed by atoms with Gasteiger partial charge in [-0.15, -0.1) is 13.2 Å². The van der Waals surface area contributed by atoms with Crippen molar-refractivity contribution in [2.45, 2.75) is 66.2 Å². The van der Waals surface area contributed by atoms with E-state index in [0.717, 1.165) is 11.8 Å². The molecule has 0 amide bonds. The van der Waals surface area contributed by atoms with Crippen LogP contribution in [0.1, 0.15) is 66.2 Å². The average Bonchev–Trinajstić information content (AvgIpc) is 2.20. The van der Waals surface area contributed by atoms with Crippen LogP contribution in [0.15, 0.2) is 25.3 Å². The van der Waals surface area contributed by atoms with E-state index in [1.165, 1.54) is 38.5 Å². The second kappa shape index (κ2) is 14.5. The van der Waals surface area contributed by atoms with Gasteiger partial charge in [-0.3, -0.25) is 0 Å². The lowest BCUT2D eigenvalue weighted by Gasteiger charge is -2.03. The third-order valence-electron chi connectivity index (χ3n) is 2.70. The summed E-state index contributed by atoms with van der Waals surface area (Å²) in [5.41, 5.74) is 0. The summed E-state index contributed by atoms with van der Waals surface area (Å²) in [7, 11) is 0. The van der Waals surface area contributed by atoms with Gasteiger partial charge in [0.1, 0.15) is 0 Å². The molecule has 96 valence electrons. The fourth-order valence-corrected chi connectivity index (χ4v) is 1.79. The molecule has 0 aliphatic carbocycles. The zero-order chi connectivity index (χ0) is 12.8. The molecule has 0 aliphatic heterocycles. The Morgan fingerprint density at radius 2 is 1.12 bits per heavy atom. The summed E-state index contributed by atoms with van der Waals surface area (Å²) in [6.07, 6.45) is 11.6. The van der Waals surface area contributed by atoms with Gasteiger partial charge in [0.2, 0.25) is 0 Å². The molecule has 0 aromatic rings. The Labute approximate surface area is 104 Å². The van der Waals surface area contributed by atoms with E-state index in [-0.39, 0.29) is 0 Å². The quantitative estimate of drug-likeness (QED) is 0.444. The molecule has 2 unspecified atom stereocenters. The summed E-state index contributed by atoms with van der Waals surface area (Å²) < 4.78 is 0. The van der Waals surface area contributed by atoms with Crippen molar-refractivity contribution >= 4 is 0 Å². The van der Waals surface area contributed by atoms with Gasteiger partial charge < -0.3 is 0 Å². The van der Waals surface area contributed by atoms with Crippen molar-refractivity contribution < 1.29 is 0 Å². The monoisotopic (exact) mass is 224 g/mol. The number of hydrogen-bond acceptors (Lipinski definition) is 0. The Morgan fingerprint density at radius 1 is 0.812 bits per heavy atom. The second-order valence-corrected chi connectivity index (χ2v) is 4.84. The first-order valence-electron chi connectivity index (χ1n) is 6.83. The highest BCUT2D eigenvalue weighted by atomic mass is 14.0. The Kier molecular flexibility index (Phi) is 16.2. The summed E-state index contributed by atoms with van der Waals surface area (Å²) in [6.45, 7) is 16.3. The van der Waals surface area contributed by atoms with E-state index in [9.17, 15) is 0 Å². The fraction of sp³-hybridized carbons (Fsp3) is 0.750. The maximum absolute atomic E-state index is 3.68. The first kappa shape index (κ1) is 17.9. The minimum absolute atomic E-state index is 0.845. The Balaban J connectivity index is 0. The van der Waals surface area contributed by atoms with Gasteiger partial charge >= 0.3 is 0 Å². The van der Waals surface area contributed by atoms with Crippen LogP contribution in [0.4, 0.5) is 0 Å². The van der Waals surface area contributed by atoms with Gasteiger partial charge in [-0.1, -0.05) is 65.5 Å². The predicted molar refractivity (Wildman–Crippen MR) is 77.8 cm³/mol. The molecule has 0 radical (unpaired) electrons. The highest BCUT2D eigenvalue weighted by molar-refractivity contribution is 4.70. The molecule has 0 N–H and O–H groups in total. The zero-order valence-electron chi connectivity index (χ0n) is 12.0. The van der Waals surface area contributed by atoms with Crippen molar-refractivity contribution in [1.29, 1.82) is 0 Å². The van der Waals surface area contributed by atoms with Gasteiger partial charge in [-0.25, -0.2) is 0 Å². The van der Waals surface area contributed by atoms with Crippen molar-refractivity contribution in [2.75, 3.05) is 0 Å². The lowest BCUT2D eigenvalue weighted by molar-refractivity contribution is 0.532. The molecule has 0 aliphatic rings. The first-order valence-corrected chi connectivity index (χ1v) is 6.83. The van der Waals surface area contributed by atoms with Crippen LogP contribution in [-0.2, 0) is 0 Å². The lowest BCUT2D eigenvalue weighted by Crippen LogP contribution is -1.89. The topological polar surface area (TPSA) is 0 Å². The standard InChI is InChI=1S/2C8H16/c2*1-4-6-8(3)7-5-2/h2*4,8H,1,5-7H2,2-3H3. The molecule has 0 fully saturated rings. The van der Waals surface area contributed by atoms with Crippen LogP contribution in [0.3, 0.4) is 0 Å². The summed E-state index contributed by atoms with van der Waals surface area (Å²) in [5, 5.41) is 0. The van der Waals surface area contributed by atoms with E-state index in [2.05, 4.69) is 40.9 Å². The number of rotatable bonds is 8. The van der Waals surface area contributed by atoms with Crippen molar-refractivity contribution in [1.82, 2.24) is 0 Å². The van der Waals surface area contributed by atoms with Crippen molar-refractivity contribution in [2.24, 2.45) is 11.8 Å². The number of hydrogen-bond donors (Lipinski definition) is 0. The Bertz CT molecular complexity index is 128. The SMILES string of the molecule is C=CCC(C)CCC.C=CCC(C)CCC. The minimum atomic E-state index is 0.845. The van der Waals surface area contributed by atoms with E-state index >= 15 is 0 Å². The molecule has 0 rings (SSSR count). The van der Waals surface area contributed by atoms with Gasteiger partial charge in [-0.2, -0.15) is 0 Å². The van der Waals surface area contributed by atoms with E-state index in [1.807, 2.05) is 12.2 Å². The van der Waals surface area contributed by atoms with Gasteiger partial charge in [0.05, 0.1) is 0 Å². The van der Waals surface area contributed by atoms with E-state index in [1.54, 1.807) is 0 Å². The van der Waals surface area contributed by atoms with E-state index < -0.39 is 0 Å². The largest absolute Gasteiger partial charge is 0.103 e. The highest BCUT2D eigenvalue weighted by Gasteiger charge is 1.94. The average molecular weight is 224 g/mol. The summed E-state index contributed by atoms with van der Waals surface area (Å²) in [4.78, 5) is 0. The van der Waals surface area contributed by atoms with Crippen LogP contribution in [0.5, 0.6) is 0 Å². The molecule has 16 heavy (non-hydrogen) atoms. The van der Waals surface area contributed by atoms with Gasteiger partial charge in [0.25, 0.3) is 0 Å². The molecule has 0 heterocycles. The highest BCUT2D eigenvalue weighted by Crippen LogP contribution is 2.09. The fourth-order valence-electron chi connectivity index (χ4n) is 1.79. The molecule has 0 heteroatoms. The van der Waals surface area contributed by atoms with Gasteiger partial charge in [0.15, 0.2) is 0 Å². The maximum atomic E-state index is 3.68. The van der Waals surface area contributed by atoms with Crippen LogP contribution in [-0.4, -0.2) is 0 Å². The molecule has 0 saturated heterocycles. The maximum Gasteiger partial charge on any atom is -0.0328 e. The molecule has 0 bridgehead atoms. The molecule has 0 aromatic heterocycles. The molecule has 0 spiro atoms. The normalized spacial score (nSPS) is 13.2. The van der Waals surface area contributed by atoms with E-state index in [4.69, 9.17) is 0 Å². The number of allylic oxidation sites excluding steroid dienone is 2. The third-order valence-corrected chi connectivity index (χ3v) is 2.70. The molecular weight excluding hydrogens is 192 g/mol. The Morgan fingerprint density at radius 3 is 1.31 bits per heavy atom. The van der Waals surface area contributed by atoms with Gasteiger partial charge in [0, 0.05) is 0 Å². The van der Waals surface area contributed by atoms with Crippen LogP contribution < -0.4 is 0 Å². The van der Waals surface area contributed by atoms with Crippen LogP contribution >= 0.6 is 0 Å². The van der Waals surface area contributed by atoms with Crippen molar-refractivity contribution in [3.05, 3.63) is 25.3 Å². The van der Waals surface area contributed by atoms with Crippen LogP contribution in [0.25, 0.3) is 0 Å². The van der Waals surface area contributed by atoms with E-state index in [0.29, 0.717) is 0 Å². The molecular formula is C16H32. The lowest BCUT2D eigenvalue weighted by atomic mass is 10.0. The van der Waals surface area contributed by atoms with Crippen LogP contribution in [0.2, 0.25) is 0 Å². The predicted octanol–water partition coefficient (Wildman–Crippen LogP) is 6.00. The van der Waals surface area contributed by atoms with Crippen molar-refractivity contribution in [3.63, 3.8) is 0 Å². The molecule has 0 nitrogen and oxygen atoms in total. The van der Waals surface area contributed by atoms with Crippen LogP contribution in [0, 0.1) is 11.8 Å². The zero-order valence-corrected chi connectivity index (χ0v) is 12.0. The molecule has 0 saturated carbocycles. The third kappa shape index (κ3) is 15.9. The second-order valence-electron chi connectivity index (χ2n) is 4.84. The van der Waals surface area contributed by atoms with Crippen molar-refractivity contribution in [3.8, 4) is 0 Å². The van der Waals surface area contributed by atoms with Gasteiger partial charge in [-0.05, 0) is 24.7 Å². The molecule has 0 aromatic carbocycles.